The molecule has 0 aliphatic carbocycles. The quantitative estimate of drug-likeness (QED) is 0.572. The average molecular weight is 320 g/mol. The number of hydrogen-bond donors (Lipinski definition) is 0. The first kappa shape index (κ1) is 14.3. The SMILES string of the molecule is Cc1noc(-c2cn(-c3cccc(-c4ccccc4F)c3)cn2)n1. The van der Waals surface area contributed by atoms with E-state index in [1.165, 1.54) is 6.07 Å². The van der Waals surface area contributed by atoms with Crippen LogP contribution in [-0.4, -0.2) is 19.7 Å². The van der Waals surface area contributed by atoms with E-state index >= 15 is 0 Å². The van der Waals surface area contributed by atoms with Gasteiger partial charge in [0, 0.05) is 17.4 Å². The molecule has 0 unspecified atom stereocenters. The monoisotopic (exact) mass is 320 g/mol. The van der Waals surface area contributed by atoms with Gasteiger partial charge in [-0.15, -0.1) is 0 Å². The smallest absolute Gasteiger partial charge is 0.278 e. The first-order chi connectivity index (χ1) is 11.7. The maximum atomic E-state index is 14.0. The van der Waals surface area contributed by atoms with Crippen molar-refractivity contribution in [3.8, 4) is 28.4 Å². The highest BCUT2D eigenvalue weighted by atomic mass is 19.1. The molecule has 0 bridgehead atoms. The highest BCUT2D eigenvalue weighted by Crippen LogP contribution is 2.25. The maximum Gasteiger partial charge on any atom is 0.278 e. The Balaban J connectivity index is 1.72. The Kier molecular flexibility index (Phi) is 3.42. The molecule has 0 spiro atoms. The second-order valence-corrected chi connectivity index (χ2v) is 5.34. The van der Waals surface area contributed by atoms with Crippen molar-refractivity contribution in [1.29, 1.82) is 0 Å². The van der Waals surface area contributed by atoms with E-state index in [0.29, 0.717) is 23.0 Å². The number of aryl methyl sites for hydroxylation is 1. The summed E-state index contributed by atoms with van der Waals surface area (Å²) in [4.78, 5) is 8.45. The molecule has 118 valence electrons. The summed E-state index contributed by atoms with van der Waals surface area (Å²) in [6.45, 7) is 1.75. The molecule has 2 aromatic heterocycles. The topological polar surface area (TPSA) is 56.7 Å². The summed E-state index contributed by atoms with van der Waals surface area (Å²) in [6.07, 6.45) is 3.46. The molecule has 5 nitrogen and oxygen atoms in total. The van der Waals surface area contributed by atoms with E-state index < -0.39 is 0 Å². The van der Waals surface area contributed by atoms with Gasteiger partial charge in [0.2, 0.25) is 0 Å². The van der Waals surface area contributed by atoms with Gasteiger partial charge in [-0.25, -0.2) is 9.37 Å². The molecule has 0 amide bonds. The fourth-order valence-electron chi connectivity index (χ4n) is 2.50. The minimum absolute atomic E-state index is 0.248. The van der Waals surface area contributed by atoms with Gasteiger partial charge in [0.25, 0.3) is 5.89 Å². The molecule has 6 heteroatoms. The minimum atomic E-state index is -0.248. The van der Waals surface area contributed by atoms with Gasteiger partial charge in [-0.05, 0) is 30.7 Å². The van der Waals surface area contributed by atoms with Crippen LogP contribution >= 0.6 is 0 Å². The lowest BCUT2D eigenvalue weighted by Gasteiger charge is -2.07. The van der Waals surface area contributed by atoms with Gasteiger partial charge in [0.05, 0.1) is 0 Å². The fraction of sp³-hybridized carbons (Fsp3) is 0.0556. The Hall–Kier alpha value is -3.28. The van der Waals surface area contributed by atoms with Crippen molar-refractivity contribution >= 4 is 0 Å². The molecular formula is C18H13FN4O. The van der Waals surface area contributed by atoms with Gasteiger partial charge in [0.1, 0.15) is 17.8 Å². The standard InChI is InChI=1S/C18H13FN4O/c1-12-21-18(24-22-12)17-10-23(11-20-17)14-6-4-5-13(9-14)15-7-2-3-8-16(15)19/h2-11H,1H3. The molecule has 0 N–H and O–H groups in total. The Morgan fingerprint density at radius 1 is 1.08 bits per heavy atom. The molecule has 2 heterocycles. The van der Waals surface area contributed by atoms with Crippen molar-refractivity contribution in [1.82, 2.24) is 19.7 Å². The summed E-state index contributed by atoms with van der Waals surface area (Å²) >= 11 is 0. The Morgan fingerprint density at radius 3 is 2.75 bits per heavy atom. The zero-order chi connectivity index (χ0) is 16.5. The predicted molar refractivity (Wildman–Crippen MR) is 87.0 cm³/mol. The molecule has 4 rings (SSSR count). The van der Waals surface area contributed by atoms with Crippen molar-refractivity contribution in [3.63, 3.8) is 0 Å². The van der Waals surface area contributed by atoms with Crippen molar-refractivity contribution in [2.45, 2.75) is 6.92 Å². The van der Waals surface area contributed by atoms with Crippen LogP contribution in [0.5, 0.6) is 0 Å². The first-order valence-corrected chi connectivity index (χ1v) is 7.41. The van der Waals surface area contributed by atoms with Gasteiger partial charge >= 0.3 is 0 Å². The summed E-state index contributed by atoms with van der Waals surface area (Å²) in [5.74, 6) is 0.680. The number of imidazole rings is 1. The highest BCUT2D eigenvalue weighted by Gasteiger charge is 2.11. The van der Waals surface area contributed by atoms with Crippen LogP contribution in [0.3, 0.4) is 0 Å². The number of rotatable bonds is 3. The van der Waals surface area contributed by atoms with Crippen LogP contribution in [0.2, 0.25) is 0 Å². The van der Waals surface area contributed by atoms with Crippen LogP contribution in [-0.2, 0) is 0 Å². The Morgan fingerprint density at radius 2 is 1.96 bits per heavy atom. The van der Waals surface area contributed by atoms with E-state index in [1.807, 2.05) is 34.9 Å². The number of benzene rings is 2. The van der Waals surface area contributed by atoms with Gasteiger partial charge in [-0.2, -0.15) is 4.98 Å². The lowest BCUT2D eigenvalue weighted by molar-refractivity contribution is 0.424. The lowest BCUT2D eigenvalue weighted by atomic mass is 10.0. The van der Waals surface area contributed by atoms with E-state index in [1.54, 1.807) is 31.6 Å². The third-order valence-electron chi connectivity index (χ3n) is 3.66. The second-order valence-electron chi connectivity index (χ2n) is 5.34. The normalized spacial score (nSPS) is 10.9. The average Bonchev–Trinajstić information content (AvgIpc) is 3.24. The zero-order valence-corrected chi connectivity index (χ0v) is 12.8. The number of nitrogens with zero attached hydrogens (tertiary/aromatic N) is 4. The van der Waals surface area contributed by atoms with E-state index in [0.717, 1.165) is 11.3 Å². The van der Waals surface area contributed by atoms with E-state index in [-0.39, 0.29) is 5.82 Å². The molecule has 24 heavy (non-hydrogen) atoms. The van der Waals surface area contributed by atoms with Crippen LogP contribution in [0, 0.1) is 12.7 Å². The van der Waals surface area contributed by atoms with Crippen LogP contribution in [0.1, 0.15) is 5.82 Å². The Labute approximate surface area is 137 Å². The molecule has 0 fully saturated rings. The summed E-state index contributed by atoms with van der Waals surface area (Å²) in [5, 5.41) is 3.76. The van der Waals surface area contributed by atoms with Crippen molar-refractivity contribution in [2.75, 3.05) is 0 Å². The van der Waals surface area contributed by atoms with Crippen LogP contribution in [0.4, 0.5) is 4.39 Å². The van der Waals surface area contributed by atoms with Crippen molar-refractivity contribution in [3.05, 3.63) is 72.7 Å². The molecule has 0 aliphatic heterocycles. The number of halogens is 1. The fourth-order valence-corrected chi connectivity index (χ4v) is 2.50. The molecule has 2 aromatic carbocycles. The largest absolute Gasteiger partial charge is 0.332 e. The highest BCUT2D eigenvalue weighted by molar-refractivity contribution is 5.66. The second kappa shape index (κ2) is 5.73. The van der Waals surface area contributed by atoms with Gasteiger partial charge in [-0.3, -0.25) is 0 Å². The molecule has 0 atom stereocenters. The van der Waals surface area contributed by atoms with Crippen LogP contribution < -0.4 is 0 Å². The molecule has 4 aromatic rings. The first-order valence-electron chi connectivity index (χ1n) is 7.41. The van der Waals surface area contributed by atoms with Crippen molar-refractivity contribution < 1.29 is 8.91 Å². The predicted octanol–water partition coefficient (Wildman–Crippen LogP) is 4.04. The molecular weight excluding hydrogens is 307 g/mol. The molecule has 0 saturated heterocycles. The van der Waals surface area contributed by atoms with Crippen LogP contribution in [0.15, 0.2) is 65.6 Å². The van der Waals surface area contributed by atoms with Gasteiger partial charge in [0.15, 0.2) is 5.82 Å². The summed E-state index contributed by atoms with van der Waals surface area (Å²) in [5.41, 5.74) is 2.82. The maximum absolute atomic E-state index is 14.0. The number of hydrogen-bond acceptors (Lipinski definition) is 4. The lowest BCUT2D eigenvalue weighted by Crippen LogP contribution is -1.91. The van der Waals surface area contributed by atoms with Crippen LogP contribution in [0.25, 0.3) is 28.4 Å². The molecule has 0 aliphatic rings. The Bertz CT molecular complexity index is 1010. The van der Waals surface area contributed by atoms with Gasteiger partial charge in [-0.1, -0.05) is 35.5 Å². The number of aromatic nitrogens is 4. The summed E-state index contributed by atoms with van der Waals surface area (Å²) in [7, 11) is 0. The van der Waals surface area contributed by atoms with Gasteiger partial charge < -0.3 is 9.09 Å². The third kappa shape index (κ3) is 2.58. The van der Waals surface area contributed by atoms with E-state index in [4.69, 9.17) is 4.52 Å². The zero-order valence-electron chi connectivity index (χ0n) is 12.8. The summed E-state index contributed by atoms with van der Waals surface area (Å²) in [6, 6.07) is 14.3. The molecule has 0 radical (unpaired) electrons. The summed E-state index contributed by atoms with van der Waals surface area (Å²) < 4.78 is 20.9. The molecule has 0 saturated carbocycles. The van der Waals surface area contributed by atoms with E-state index in [9.17, 15) is 4.39 Å². The van der Waals surface area contributed by atoms with E-state index in [2.05, 4.69) is 15.1 Å². The third-order valence-corrected chi connectivity index (χ3v) is 3.66. The van der Waals surface area contributed by atoms with Crippen molar-refractivity contribution in [2.24, 2.45) is 0 Å². The minimum Gasteiger partial charge on any atom is -0.332 e.